The second-order valence-corrected chi connectivity index (χ2v) is 4.49. The first-order valence-corrected chi connectivity index (χ1v) is 6.10. The maximum absolute atomic E-state index is 13.2. The fourth-order valence-corrected chi connectivity index (χ4v) is 2.03. The number of nitrogens with one attached hydrogen (secondary N) is 1. The molecule has 0 atom stereocenters. The van der Waals surface area contributed by atoms with Crippen molar-refractivity contribution in [2.24, 2.45) is 0 Å². The maximum atomic E-state index is 13.2. The molecule has 0 fully saturated rings. The van der Waals surface area contributed by atoms with Gasteiger partial charge in [-0.05, 0) is 31.2 Å². The number of benzene rings is 1. The first-order valence-electron chi connectivity index (χ1n) is 5.72. The minimum atomic E-state index is -0.506. The number of carbonyl (C=O) groups excluding carboxylic acids is 1. The van der Waals surface area contributed by atoms with E-state index in [9.17, 15) is 9.18 Å². The first-order chi connectivity index (χ1) is 8.99. The van der Waals surface area contributed by atoms with Gasteiger partial charge in [-0.2, -0.15) is 0 Å². The topological polar surface area (TPSA) is 60.0 Å². The molecule has 0 saturated carbocycles. The van der Waals surface area contributed by atoms with Crippen molar-refractivity contribution in [2.75, 3.05) is 11.1 Å². The number of carbonyl (C=O) groups is 1. The molecule has 100 valence electrons. The highest BCUT2D eigenvalue weighted by Gasteiger charge is 2.13. The van der Waals surface area contributed by atoms with Crippen molar-refractivity contribution in [3.05, 3.63) is 47.0 Å². The summed E-state index contributed by atoms with van der Waals surface area (Å²) >= 11 is 5.73. The lowest BCUT2D eigenvalue weighted by atomic mass is 10.3. The molecule has 1 aromatic carbocycles. The third-order valence-electron chi connectivity index (χ3n) is 2.61. The number of aryl methyl sites for hydroxylation is 1. The lowest BCUT2D eigenvalue weighted by Gasteiger charge is -2.08. The van der Waals surface area contributed by atoms with Crippen molar-refractivity contribution in [3.8, 4) is 0 Å². The number of aromatic nitrogens is 1. The van der Waals surface area contributed by atoms with E-state index < -0.39 is 5.82 Å². The predicted octanol–water partition coefficient (Wildman–Crippen LogP) is 3.14. The number of nitrogen functional groups attached to an aromatic ring is 1. The summed E-state index contributed by atoms with van der Waals surface area (Å²) in [6.45, 7) is 2.51. The predicted molar refractivity (Wildman–Crippen MR) is 73.9 cm³/mol. The quantitative estimate of drug-likeness (QED) is 0.908. The zero-order valence-electron chi connectivity index (χ0n) is 10.3. The molecule has 3 N–H and O–H groups in total. The number of anilines is 2. The Bertz CT molecular complexity index is 604. The Morgan fingerprint density at radius 2 is 2.16 bits per heavy atom. The van der Waals surface area contributed by atoms with E-state index in [4.69, 9.17) is 17.3 Å². The maximum Gasteiger partial charge on any atom is 0.272 e. The average Bonchev–Trinajstić information content (AvgIpc) is 2.69. The van der Waals surface area contributed by atoms with Crippen LogP contribution in [0.25, 0.3) is 0 Å². The van der Waals surface area contributed by atoms with Crippen LogP contribution in [0.3, 0.4) is 0 Å². The summed E-state index contributed by atoms with van der Waals surface area (Å²) in [6.07, 6.45) is 1.67. The van der Waals surface area contributed by atoms with Gasteiger partial charge in [-0.25, -0.2) is 4.39 Å². The van der Waals surface area contributed by atoms with Gasteiger partial charge in [0.2, 0.25) is 0 Å². The summed E-state index contributed by atoms with van der Waals surface area (Å²) in [6, 6.07) is 5.42. The number of hydrogen-bond donors (Lipinski definition) is 2. The van der Waals surface area contributed by atoms with Crippen LogP contribution in [0.2, 0.25) is 5.02 Å². The van der Waals surface area contributed by atoms with E-state index in [1.54, 1.807) is 16.8 Å². The lowest BCUT2D eigenvalue weighted by molar-refractivity contribution is 0.101. The number of halogens is 2. The van der Waals surface area contributed by atoms with Gasteiger partial charge in [-0.3, -0.25) is 4.79 Å². The molecule has 0 aliphatic carbocycles. The monoisotopic (exact) mass is 281 g/mol. The number of rotatable bonds is 3. The Balaban J connectivity index is 2.25. The molecule has 0 aliphatic heterocycles. The molecular formula is C13H13ClFN3O. The molecular weight excluding hydrogens is 269 g/mol. The molecule has 19 heavy (non-hydrogen) atoms. The third kappa shape index (κ3) is 3.06. The van der Waals surface area contributed by atoms with E-state index in [0.29, 0.717) is 23.6 Å². The highest BCUT2D eigenvalue weighted by atomic mass is 35.5. The van der Waals surface area contributed by atoms with Crippen LogP contribution in [0.1, 0.15) is 17.4 Å². The van der Waals surface area contributed by atoms with Crippen LogP contribution in [0, 0.1) is 5.82 Å². The molecule has 2 rings (SSSR count). The molecule has 0 unspecified atom stereocenters. The largest absolute Gasteiger partial charge is 0.397 e. The van der Waals surface area contributed by atoms with Crippen molar-refractivity contribution >= 4 is 28.9 Å². The van der Waals surface area contributed by atoms with Crippen molar-refractivity contribution in [2.45, 2.75) is 13.5 Å². The van der Waals surface area contributed by atoms with E-state index in [1.807, 2.05) is 6.92 Å². The Kier molecular flexibility index (Phi) is 3.76. The first kappa shape index (κ1) is 13.4. The van der Waals surface area contributed by atoms with E-state index in [-0.39, 0.29) is 10.9 Å². The molecule has 1 amide bonds. The van der Waals surface area contributed by atoms with Crippen LogP contribution in [-0.2, 0) is 6.54 Å². The Hall–Kier alpha value is -2.01. The zero-order chi connectivity index (χ0) is 14.0. The van der Waals surface area contributed by atoms with Crippen molar-refractivity contribution in [1.82, 2.24) is 4.57 Å². The third-order valence-corrected chi connectivity index (χ3v) is 2.83. The SMILES string of the molecule is CCn1cc(N)cc1C(=O)Nc1cc(F)cc(Cl)c1. The molecule has 0 spiro atoms. The molecule has 0 aliphatic rings. The van der Waals surface area contributed by atoms with Gasteiger partial charge >= 0.3 is 0 Å². The summed E-state index contributed by atoms with van der Waals surface area (Å²) in [4.78, 5) is 12.1. The smallest absolute Gasteiger partial charge is 0.272 e. The van der Waals surface area contributed by atoms with Gasteiger partial charge in [0.25, 0.3) is 5.91 Å². The number of nitrogens with two attached hydrogens (primary N) is 1. The van der Waals surface area contributed by atoms with Crippen molar-refractivity contribution in [3.63, 3.8) is 0 Å². The van der Waals surface area contributed by atoms with Gasteiger partial charge in [0.05, 0.1) is 5.69 Å². The van der Waals surface area contributed by atoms with Crippen molar-refractivity contribution in [1.29, 1.82) is 0 Å². The van der Waals surface area contributed by atoms with Gasteiger partial charge in [0.1, 0.15) is 11.5 Å². The van der Waals surface area contributed by atoms with E-state index in [2.05, 4.69) is 5.32 Å². The zero-order valence-corrected chi connectivity index (χ0v) is 11.0. The van der Waals surface area contributed by atoms with Gasteiger partial charge in [0.15, 0.2) is 0 Å². The number of hydrogen-bond acceptors (Lipinski definition) is 2. The molecule has 4 nitrogen and oxygen atoms in total. The van der Waals surface area contributed by atoms with Crippen LogP contribution >= 0.6 is 11.6 Å². The van der Waals surface area contributed by atoms with E-state index in [1.165, 1.54) is 18.2 Å². The molecule has 0 bridgehead atoms. The average molecular weight is 282 g/mol. The summed E-state index contributed by atoms with van der Waals surface area (Å²) in [5, 5.41) is 2.81. The van der Waals surface area contributed by atoms with E-state index in [0.717, 1.165) is 0 Å². The van der Waals surface area contributed by atoms with E-state index >= 15 is 0 Å². The van der Waals surface area contributed by atoms with Crippen LogP contribution in [0.5, 0.6) is 0 Å². The van der Waals surface area contributed by atoms with Gasteiger partial charge in [-0.15, -0.1) is 0 Å². The van der Waals surface area contributed by atoms with Gasteiger partial charge < -0.3 is 15.6 Å². The normalized spacial score (nSPS) is 10.5. The summed E-state index contributed by atoms with van der Waals surface area (Å²) in [5.41, 5.74) is 6.88. The lowest BCUT2D eigenvalue weighted by Crippen LogP contribution is -2.16. The van der Waals surface area contributed by atoms with Crippen LogP contribution < -0.4 is 11.1 Å². The fourth-order valence-electron chi connectivity index (χ4n) is 1.81. The molecule has 1 aromatic heterocycles. The number of nitrogens with zero attached hydrogens (tertiary/aromatic N) is 1. The molecule has 2 aromatic rings. The molecule has 6 heteroatoms. The summed E-state index contributed by atoms with van der Waals surface area (Å²) < 4.78 is 14.9. The summed E-state index contributed by atoms with van der Waals surface area (Å²) in [5.74, 6) is -0.867. The van der Waals surface area contributed by atoms with Crippen LogP contribution in [-0.4, -0.2) is 10.5 Å². The van der Waals surface area contributed by atoms with Crippen molar-refractivity contribution < 1.29 is 9.18 Å². The highest BCUT2D eigenvalue weighted by Crippen LogP contribution is 2.19. The second-order valence-electron chi connectivity index (χ2n) is 4.06. The number of amides is 1. The minimum Gasteiger partial charge on any atom is -0.397 e. The van der Waals surface area contributed by atoms with Gasteiger partial charge in [0, 0.05) is 23.5 Å². The molecule has 0 saturated heterocycles. The Morgan fingerprint density at radius 1 is 1.42 bits per heavy atom. The Labute approximate surface area is 115 Å². The van der Waals surface area contributed by atoms with Crippen LogP contribution in [0.15, 0.2) is 30.5 Å². The van der Waals surface area contributed by atoms with Crippen LogP contribution in [0.4, 0.5) is 15.8 Å². The molecule has 1 heterocycles. The highest BCUT2D eigenvalue weighted by molar-refractivity contribution is 6.31. The van der Waals surface area contributed by atoms with Gasteiger partial charge in [-0.1, -0.05) is 11.6 Å². The second kappa shape index (κ2) is 5.32. The Morgan fingerprint density at radius 3 is 2.79 bits per heavy atom. The standard InChI is InChI=1S/C13H13ClFN3O/c1-2-18-7-10(16)6-12(18)13(19)17-11-4-8(14)3-9(15)5-11/h3-7H,2,16H2,1H3,(H,17,19). The minimum absolute atomic E-state index is 0.223. The molecule has 0 radical (unpaired) electrons. The summed E-state index contributed by atoms with van der Waals surface area (Å²) in [7, 11) is 0. The fraction of sp³-hybridized carbons (Fsp3) is 0.154.